The van der Waals surface area contributed by atoms with Gasteiger partial charge in [-0.05, 0) is 57.9 Å². The van der Waals surface area contributed by atoms with E-state index in [1.165, 1.54) is 11.4 Å². The Bertz CT molecular complexity index is 1280. The number of rotatable bonds is 12. The number of likely N-dealkylation sites (N-methyl/N-ethyl adjacent to an activating group) is 2. The van der Waals surface area contributed by atoms with Gasteiger partial charge in [0.25, 0.3) is 0 Å². The quantitative estimate of drug-likeness (QED) is 0.226. The number of aromatic nitrogens is 2. The van der Waals surface area contributed by atoms with Crippen LogP contribution in [0.2, 0.25) is 0 Å². The summed E-state index contributed by atoms with van der Waals surface area (Å²) in [5.41, 5.74) is 4.03. The molecule has 2 aromatic carbocycles. The molecule has 10 heteroatoms. The van der Waals surface area contributed by atoms with Gasteiger partial charge in [-0.15, -0.1) is 0 Å². The zero-order chi connectivity index (χ0) is 27.8. The van der Waals surface area contributed by atoms with E-state index in [0.717, 1.165) is 30.0 Å². The first-order chi connectivity index (χ1) is 18.1. The van der Waals surface area contributed by atoms with E-state index in [0.29, 0.717) is 28.9 Å². The second-order valence-electron chi connectivity index (χ2n) is 9.37. The molecular weight excluding hydrogens is 497 g/mol. The van der Waals surface area contributed by atoms with Gasteiger partial charge in [-0.25, -0.2) is 4.98 Å². The maximum absolute atomic E-state index is 12.2. The van der Waals surface area contributed by atoms with Crippen molar-refractivity contribution < 1.29 is 9.53 Å². The van der Waals surface area contributed by atoms with Crippen molar-refractivity contribution in [1.29, 1.82) is 0 Å². The molecule has 1 aromatic heterocycles. The lowest BCUT2D eigenvalue weighted by molar-refractivity contribution is -0.111. The topological polar surface area (TPSA) is 94.6 Å². The molecule has 0 spiro atoms. The number of hydrogen-bond donors (Lipinski definition) is 3. The van der Waals surface area contributed by atoms with Crippen LogP contribution < -0.4 is 30.9 Å². The van der Waals surface area contributed by atoms with Crippen LogP contribution in [0.5, 0.6) is 5.75 Å². The van der Waals surface area contributed by atoms with Gasteiger partial charge in [0.1, 0.15) is 11.6 Å². The van der Waals surface area contributed by atoms with Crippen molar-refractivity contribution in [3.05, 3.63) is 60.8 Å². The van der Waals surface area contributed by atoms with Crippen LogP contribution in [0.3, 0.4) is 0 Å². The third-order valence-corrected chi connectivity index (χ3v) is 7.27. The van der Waals surface area contributed by atoms with Gasteiger partial charge in [-0.3, -0.25) is 4.79 Å². The van der Waals surface area contributed by atoms with E-state index in [1.807, 2.05) is 46.3 Å². The molecule has 3 rings (SSSR count). The second kappa shape index (κ2) is 13.2. The molecule has 0 radical (unpaired) electrons. The molecule has 0 unspecified atom stereocenters. The first-order valence-electron chi connectivity index (χ1n) is 12.3. The fourth-order valence-electron chi connectivity index (χ4n) is 3.75. The highest BCUT2D eigenvalue weighted by Crippen LogP contribution is 2.38. The standard InChI is InChI=1S/C28H38N7O2P/c1-9-26(36)30-21-16-22(24(37-6)17-23(21)35(5)15-14-34(3)4)32-28-29-18-19(2)27(33-28)31-20-12-10-11-13-25(20)38(7)8/h9-13,16-18H,1,14-15H2,2-8H3,(H,30,36)(H2,29,31,32,33). The van der Waals surface area contributed by atoms with E-state index < -0.39 is 0 Å². The molecular formula is C28H38N7O2P. The Morgan fingerprint density at radius 3 is 2.47 bits per heavy atom. The predicted octanol–water partition coefficient (Wildman–Crippen LogP) is 4.77. The Hall–Kier alpha value is -3.68. The lowest BCUT2D eigenvalue weighted by atomic mass is 10.2. The summed E-state index contributed by atoms with van der Waals surface area (Å²) in [7, 11) is 7.34. The van der Waals surface area contributed by atoms with Crippen molar-refractivity contribution in [2.75, 3.05) is 75.5 Å². The average molecular weight is 536 g/mol. The lowest BCUT2D eigenvalue weighted by Gasteiger charge is -2.26. The first-order valence-corrected chi connectivity index (χ1v) is 14.5. The maximum atomic E-state index is 12.2. The molecule has 0 bridgehead atoms. The van der Waals surface area contributed by atoms with Crippen molar-refractivity contribution in [3.63, 3.8) is 0 Å². The Morgan fingerprint density at radius 2 is 1.82 bits per heavy atom. The van der Waals surface area contributed by atoms with Crippen LogP contribution in [-0.4, -0.2) is 75.4 Å². The van der Waals surface area contributed by atoms with Gasteiger partial charge >= 0.3 is 0 Å². The van der Waals surface area contributed by atoms with Crippen LogP contribution in [0.25, 0.3) is 0 Å². The van der Waals surface area contributed by atoms with Crippen molar-refractivity contribution in [2.24, 2.45) is 0 Å². The Labute approximate surface area is 227 Å². The molecule has 202 valence electrons. The number of hydrogen-bond acceptors (Lipinski definition) is 8. The van der Waals surface area contributed by atoms with Gasteiger partial charge in [0.05, 0.1) is 24.2 Å². The molecule has 0 saturated heterocycles. The number of nitrogens with zero attached hydrogens (tertiary/aromatic N) is 4. The number of carbonyl (C=O) groups is 1. The molecule has 38 heavy (non-hydrogen) atoms. The Kier molecular flexibility index (Phi) is 10.0. The molecule has 0 fully saturated rings. The highest BCUT2D eigenvalue weighted by atomic mass is 31.1. The Morgan fingerprint density at radius 1 is 1.08 bits per heavy atom. The molecule has 0 aliphatic carbocycles. The Balaban J connectivity index is 1.97. The minimum atomic E-state index is -0.299. The minimum absolute atomic E-state index is 0.290. The number of carbonyl (C=O) groups excluding carboxylic acids is 1. The molecule has 0 aliphatic heterocycles. The van der Waals surface area contributed by atoms with Gasteiger partial charge in [-0.1, -0.05) is 32.7 Å². The largest absolute Gasteiger partial charge is 0.494 e. The minimum Gasteiger partial charge on any atom is -0.494 e. The zero-order valence-electron chi connectivity index (χ0n) is 23.3. The summed E-state index contributed by atoms with van der Waals surface area (Å²) in [5, 5.41) is 10.9. The van der Waals surface area contributed by atoms with Crippen LogP contribution in [0.1, 0.15) is 5.56 Å². The van der Waals surface area contributed by atoms with Gasteiger partial charge < -0.3 is 30.5 Å². The molecule has 1 amide bonds. The average Bonchev–Trinajstić information content (AvgIpc) is 2.89. The number of amides is 1. The molecule has 0 aliphatic rings. The first kappa shape index (κ1) is 28.9. The predicted molar refractivity (Wildman–Crippen MR) is 162 cm³/mol. The zero-order valence-corrected chi connectivity index (χ0v) is 24.2. The molecule has 0 saturated carbocycles. The smallest absolute Gasteiger partial charge is 0.247 e. The molecule has 9 nitrogen and oxygen atoms in total. The molecule has 3 aromatic rings. The summed E-state index contributed by atoms with van der Waals surface area (Å²) in [6, 6.07) is 12.0. The fourth-order valence-corrected chi connectivity index (χ4v) is 4.75. The molecule has 1 heterocycles. The number of ether oxygens (including phenoxy) is 1. The van der Waals surface area contributed by atoms with E-state index in [2.05, 4.69) is 68.8 Å². The summed E-state index contributed by atoms with van der Waals surface area (Å²) >= 11 is 0. The van der Waals surface area contributed by atoms with Crippen molar-refractivity contribution in [3.8, 4) is 5.75 Å². The van der Waals surface area contributed by atoms with E-state index in [9.17, 15) is 4.79 Å². The van der Waals surface area contributed by atoms with Gasteiger partial charge in [0, 0.05) is 43.7 Å². The van der Waals surface area contributed by atoms with Crippen LogP contribution in [-0.2, 0) is 4.79 Å². The van der Waals surface area contributed by atoms with Gasteiger partial charge in [0.2, 0.25) is 11.9 Å². The van der Waals surface area contributed by atoms with Crippen LogP contribution in [0, 0.1) is 6.92 Å². The number of nitrogens with one attached hydrogen (secondary N) is 3. The summed E-state index contributed by atoms with van der Waals surface area (Å²) in [6.07, 6.45) is 3.02. The van der Waals surface area contributed by atoms with Crippen molar-refractivity contribution in [2.45, 2.75) is 6.92 Å². The number of anilines is 6. The second-order valence-corrected chi connectivity index (χ2v) is 11.6. The summed E-state index contributed by atoms with van der Waals surface area (Å²) in [5.74, 6) is 1.41. The van der Waals surface area contributed by atoms with Crippen LogP contribution in [0.15, 0.2) is 55.3 Å². The van der Waals surface area contributed by atoms with E-state index >= 15 is 0 Å². The van der Waals surface area contributed by atoms with Crippen LogP contribution >= 0.6 is 7.92 Å². The fraction of sp³-hybridized carbons (Fsp3) is 0.321. The third kappa shape index (κ3) is 7.43. The summed E-state index contributed by atoms with van der Waals surface area (Å²) < 4.78 is 5.71. The van der Waals surface area contributed by atoms with Crippen LogP contribution in [0.4, 0.5) is 34.5 Å². The lowest BCUT2D eigenvalue weighted by Crippen LogP contribution is -2.29. The summed E-state index contributed by atoms with van der Waals surface area (Å²) in [4.78, 5) is 25.7. The number of benzene rings is 2. The third-order valence-electron chi connectivity index (χ3n) is 5.91. The van der Waals surface area contributed by atoms with E-state index in [1.54, 1.807) is 13.3 Å². The number of para-hydroxylation sites is 1. The maximum Gasteiger partial charge on any atom is 0.247 e. The molecule has 3 N–H and O–H groups in total. The summed E-state index contributed by atoms with van der Waals surface area (Å²) in [6.45, 7) is 11.6. The normalized spacial score (nSPS) is 10.9. The highest BCUT2D eigenvalue weighted by molar-refractivity contribution is 7.64. The SMILES string of the molecule is C=CC(=O)Nc1cc(Nc2ncc(C)c(Nc3ccccc3P(C)C)n2)c(OC)cc1N(C)CCN(C)C. The number of aryl methyl sites for hydroxylation is 1. The molecule has 0 atom stereocenters. The van der Waals surface area contributed by atoms with Gasteiger partial charge in [0.15, 0.2) is 0 Å². The van der Waals surface area contributed by atoms with Gasteiger partial charge in [-0.2, -0.15) is 4.98 Å². The van der Waals surface area contributed by atoms with E-state index in [4.69, 9.17) is 9.72 Å². The monoisotopic (exact) mass is 535 g/mol. The van der Waals surface area contributed by atoms with Crippen molar-refractivity contribution >= 4 is 53.6 Å². The van der Waals surface area contributed by atoms with E-state index in [-0.39, 0.29) is 13.8 Å². The number of methoxy groups -OCH3 is 1. The van der Waals surface area contributed by atoms with Crippen molar-refractivity contribution in [1.82, 2.24) is 14.9 Å². The highest BCUT2D eigenvalue weighted by Gasteiger charge is 2.17.